The summed E-state index contributed by atoms with van der Waals surface area (Å²) in [5, 5.41) is 0. The zero-order chi connectivity index (χ0) is 19.1. The molecule has 2 N–H and O–H groups in total. The van der Waals surface area contributed by atoms with Crippen molar-refractivity contribution in [3.8, 4) is 0 Å². The number of nitrogens with zero attached hydrogens (tertiary/aromatic N) is 3. The lowest BCUT2D eigenvalue weighted by Gasteiger charge is -2.36. The third-order valence-electron chi connectivity index (χ3n) is 5.62. The van der Waals surface area contributed by atoms with Crippen LogP contribution in [-0.4, -0.2) is 78.4 Å². The lowest BCUT2D eigenvalue weighted by atomic mass is 10.1. The summed E-state index contributed by atoms with van der Waals surface area (Å²) in [6.07, 6.45) is 5.26. The first-order valence-corrected chi connectivity index (χ1v) is 10.2. The Morgan fingerprint density at radius 3 is 2.11 bits per heavy atom. The minimum absolute atomic E-state index is 0.0114. The molecule has 6 heteroatoms. The summed E-state index contributed by atoms with van der Waals surface area (Å²) < 4.78 is 0. The van der Waals surface area contributed by atoms with Crippen LogP contribution in [0.1, 0.15) is 31.2 Å². The number of amides is 2. The van der Waals surface area contributed by atoms with Gasteiger partial charge in [-0.05, 0) is 24.8 Å². The Hall–Kier alpha value is -1.92. The van der Waals surface area contributed by atoms with Crippen molar-refractivity contribution in [1.29, 1.82) is 0 Å². The molecule has 0 saturated carbocycles. The maximum Gasteiger partial charge on any atom is 0.239 e. The van der Waals surface area contributed by atoms with Gasteiger partial charge >= 0.3 is 0 Å². The molecule has 2 saturated heterocycles. The predicted molar refractivity (Wildman–Crippen MR) is 106 cm³/mol. The summed E-state index contributed by atoms with van der Waals surface area (Å²) in [7, 11) is 0. The molecule has 2 heterocycles. The van der Waals surface area contributed by atoms with Crippen LogP contribution in [0.5, 0.6) is 0 Å². The van der Waals surface area contributed by atoms with Crippen LogP contribution in [0.15, 0.2) is 30.3 Å². The number of hydrogen-bond acceptors (Lipinski definition) is 4. The molecule has 148 valence electrons. The van der Waals surface area contributed by atoms with Gasteiger partial charge in [0.1, 0.15) is 0 Å². The van der Waals surface area contributed by atoms with Gasteiger partial charge in [0.25, 0.3) is 0 Å². The third kappa shape index (κ3) is 5.78. The number of carbonyl (C=O) groups is 2. The molecule has 1 atom stereocenters. The quantitative estimate of drug-likeness (QED) is 0.840. The van der Waals surface area contributed by atoms with Crippen LogP contribution in [0, 0.1) is 0 Å². The van der Waals surface area contributed by atoms with Crippen molar-refractivity contribution >= 4 is 11.8 Å². The van der Waals surface area contributed by atoms with E-state index in [1.54, 1.807) is 0 Å². The number of nitrogens with two attached hydrogens (primary N) is 1. The van der Waals surface area contributed by atoms with Crippen molar-refractivity contribution in [2.75, 3.05) is 45.8 Å². The fourth-order valence-corrected chi connectivity index (χ4v) is 3.93. The number of likely N-dealkylation sites (tertiary alicyclic amines) is 1. The summed E-state index contributed by atoms with van der Waals surface area (Å²) in [6.45, 7) is 5.03. The number of carbonyl (C=O) groups excluding carboxylic acids is 2. The van der Waals surface area contributed by atoms with E-state index in [9.17, 15) is 9.59 Å². The predicted octanol–water partition coefficient (Wildman–Crippen LogP) is 1.10. The Labute approximate surface area is 162 Å². The van der Waals surface area contributed by atoms with E-state index in [0.717, 1.165) is 44.6 Å². The number of rotatable bonds is 5. The van der Waals surface area contributed by atoms with Crippen molar-refractivity contribution in [1.82, 2.24) is 14.7 Å². The molecule has 3 rings (SSSR count). The molecular weight excluding hydrogens is 340 g/mol. The number of hydrogen-bond donors (Lipinski definition) is 1. The maximum absolute atomic E-state index is 12.6. The van der Waals surface area contributed by atoms with Crippen molar-refractivity contribution in [2.24, 2.45) is 5.73 Å². The second-order valence-corrected chi connectivity index (χ2v) is 7.69. The van der Waals surface area contributed by atoms with Gasteiger partial charge in [-0.2, -0.15) is 0 Å². The van der Waals surface area contributed by atoms with Crippen molar-refractivity contribution < 1.29 is 9.59 Å². The average Bonchev–Trinajstić information content (AvgIpc) is 2.98. The SMILES string of the molecule is NC(Cc1ccccc1)C(=O)N1CCN(CC(=O)N2CCCCCC2)CC1. The van der Waals surface area contributed by atoms with E-state index in [4.69, 9.17) is 5.73 Å². The van der Waals surface area contributed by atoms with Crippen LogP contribution in [0.3, 0.4) is 0 Å². The van der Waals surface area contributed by atoms with Crippen LogP contribution >= 0.6 is 0 Å². The average molecular weight is 373 g/mol. The molecule has 0 aliphatic carbocycles. The van der Waals surface area contributed by atoms with Crippen molar-refractivity contribution in [3.05, 3.63) is 35.9 Å². The van der Waals surface area contributed by atoms with Crippen molar-refractivity contribution in [3.63, 3.8) is 0 Å². The highest BCUT2D eigenvalue weighted by molar-refractivity contribution is 5.82. The van der Waals surface area contributed by atoms with E-state index in [2.05, 4.69) is 4.90 Å². The first-order chi connectivity index (χ1) is 13.1. The summed E-state index contributed by atoms with van der Waals surface area (Å²) in [6, 6.07) is 9.39. The fourth-order valence-electron chi connectivity index (χ4n) is 3.93. The van der Waals surface area contributed by atoms with E-state index in [1.165, 1.54) is 12.8 Å². The second-order valence-electron chi connectivity index (χ2n) is 7.69. The first kappa shape index (κ1) is 19.8. The first-order valence-electron chi connectivity index (χ1n) is 10.2. The van der Waals surface area contributed by atoms with Crippen LogP contribution in [0.4, 0.5) is 0 Å². The van der Waals surface area contributed by atoms with E-state index < -0.39 is 6.04 Å². The Morgan fingerprint density at radius 1 is 0.852 bits per heavy atom. The summed E-state index contributed by atoms with van der Waals surface area (Å²) >= 11 is 0. The minimum atomic E-state index is -0.502. The molecule has 1 aromatic rings. The Bertz CT molecular complexity index is 606. The molecule has 2 fully saturated rings. The Morgan fingerprint density at radius 2 is 1.48 bits per heavy atom. The monoisotopic (exact) mass is 372 g/mol. The molecule has 1 unspecified atom stereocenters. The summed E-state index contributed by atoms with van der Waals surface area (Å²) in [5.41, 5.74) is 7.23. The maximum atomic E-state index is 12.6. The van der Waals surface area contributed by atoms with Crippen LogP contribution in [0.2, 0.25) is 0 Å². The zero-order valence-electron chi connectivity index (χ0n) is 16.2. The summed E-state index contributed by atoms with van der Waals surface area (Å²) in [4.78, 5) is 31.2. The normalized spacial score (nSPS) is 20.2. The van der Waals surface area contributed by atoms with E-state index in [-0.39, 0.29) is 11.8 Å². The molecule has 27 heavy (non-hydrogen) atoms. The summed E-state index contributed by atoms with van der Waals surface area (Å²) in [5.74, 6) is 0.245. The molecule has 0 aromatic heterocycles. The number of benzene rings is 1. The van der Waals surface area contributed by atoms with Gasteiger partial charge in [-0.25, -0.2) is 0 Å². The molecule has 0 spiro atoms. The van der Waals surface area contributed by atoms with Gasteiger partial charge < -0.3 is 15.5 Å². The molecular formula is C21H32N4O2. The second kappa shape index (κ2) is 9.85. The number of piperazine rings is 1. The van der Waals surface area contributed by atoms with Gasteiger partial charge in [-0.1, -0.05) is 43.2 Å². The van der Waals surface area contributed by atoms with Gasteiger partial charge in [-0.15, -0.1) is 0 Å². The molecule has 6 nitrogen and oxygen atoms in total. The standard InChI is InChI=1S/C21H32N4O2/c22-19(16-18-8-4-3-5-9-18)21(27)25-14-12-23(13-15-25)17-20(26)24-10-6-1-2-7-11-24/h3-5,8-9,19H,1-2,6-7,10-17,22H2. The van der Waals surface area contributed by atoms with Gasteiger partial charge in [0.05, 0.1) is 12.6 Å². The molecule has 0 radical (unpaired) electrons. The van der Waals surface area contributed by atoms with E-state index in [0.29, 0.717) is 26.1 Å². The Kier molecular flexibility index (Phi) is 7.24. The van der Waals surface area contributed by atoms with Crippen LogP contribution < -0.4 is 5.73 Å². The lowest BCUT2D eigenvalue weighted by molar-refractivity contribution is -0.136. The highest BCUT2D eigenvalue weighted by Gasteiger charge is 2.27. The fraction of sp³-hybridized carbons (Fsp3) is 0.619. The molecule has 1 aromatic carbocycles. The van der Waals surface area contributed by atoms with Crippen LogP contribution in [0.25, 0.3) is 0 Å². The zero-order valence-corrected chi connectivity index (χ0v) is 16.2. The van der Waals surface area contributed by atoms with Gasteiger partial charge in [0.2, 0.25) is 11.8 Å². The smallest absolute Gasteiger partial charge is 0.239 e. The van der Waals surface area contributed by atoms with Gasteiger partial charge in [0.15, 0.2) is 0 Å². The van der Waals surface area contributed by atoms with E-state index in [1.807, 2.05) is 40.1 Å². The molecule has 2 aliphatic heterocycles. The van der Waals surface area contributed by atoms with Gasteiger partial charge in [-0.3, -0.25) is 14.5 Å². The van der Waals surface area contributed by atoms with Crippen molar-refractivity contribution in [2.45, 2.75) is 38.1 Å². The minimum Gasteiger partial charge on any atom is -0.342 e. The molecule has 2 aliphatic rings. The highest BCUT2D eigenvalue weighted by Crippen LogP contribution is 2.11. The van der Waals surface area contributed by atoms with Gasteiger partial charge in [0, 0.05) is 39.3 Å². The molecule has 2 amide bonds. The van der Waals surface area contributed by atoms with Crippen LogP contribution in [-0.2, 0) is 16.0 Å². The molecule has 0 bridgehead atoms. The third-order valence-corrected chi connectivity index (χ3v) is 5.62. The topological polar surface area (TPSA) is 69.9 Å². The Balaban J connectivity index is 1.42. The lowest BCUT2D eigenvalue weighted by Crippen LogP contribution is -2.55. The highest BCUT2D eigenvalue weighted by atomic mass is 16.2. The largest absolute Gasteiger partial charge is 0.342 e. The van der Waals surface area contributed by atoms with E-state index >= 15 is 0 Å².